The SMILES string of the molecule is O=c1cc[nH]c(Cc2cnc(NCCCCc3ncccc3Cl)[nH]c2=O)c1. The van der Waals surface area contributed by atoms with Crippen molar-refractivity contribution < 1.29 is 0 Å². The number of rotatable bonds is 8. The van der Waals surface area contributed by atoms with E-state index in [1.54, 1.807) is 12.4 Å². The molecular formula is C19H20ClN5O2. The first kappa shape index (κ1) is 18.8. The third-order valence-corrected chi connectivity index (χ3v) is 4.40. The van der Waals surface area contributed by atoms with Crippen LogP contribution in [0.5, 0.6) is 0 Å². The van der Waals surface area contributed by atoms with Gasteiger partial charge in [0, 0.05) is 54.9 Å². The molecule has 3 heterocycles. The summed E-state index contributed by atoms with van der Waals surface area (Å²) in [5.74, 6) is 0.432. The maximum Gasteiger partial charge on any atom is 0.255 e. The fraction of sp³-hybridized carbons (Fsp3) is 0.263. The molecule has 0 saturated carbocycles. The van der Waals surface area contributed by atoms with Gasteiger partial charge in [-0.2, -0.15) is 0 Å². The molecule has 0 atom stereocenters. The number of hydrogen-bond acceptors (Lipinski definition) is 5. The lowest BCUT2D eigenvalue weighted by Crippen LogP contribution is -2.18. The van der Waals surface area contributed by atoms with Crippen LogP contribution in [-0.2, 0) is 12.8 Å². The molecule has 0 aliphatic carbocycles. The number of halogens is 1. The van der Waals surface area contributed by atoms with Gasteiger partial charge in [0.1, 0.15) is 0 Å². The second kappa shape index (κ2) is 9.14. The Bertz CT molecular complexity index is 1010. The molecule has 7 nitrogen and oxygen atoms in total. The Morgan fingerprint density at radius 2 is 2.04 bits per heavy atom. The Kier molecular flexibility index (Phi) is 6.38. The Morgan fingerprint density at radius 1 is 1.15 bits per heavy atom. The predicted molar refractivity (Wildman–Crippen MR) is 105 cm³/mol. The van der Waals surface area contributed by atoms with Gasteiger partial charge in [0.25, 0.3) is 5.56 Å². The highest BCUT2D eigenvalue weighted by molar-refractivity contribution is 6.31. The van der Waals surface area contributed by atoms with Gasteiger partial charge in [0.15, 0.2) is 5.43 Å². The van der Waals surface area contributed by atoms with Crippen LogP contribution in [0.2, 0.25) is 5.02 Å². The Hall–Kier alpha value is -2.93. The fourth-order valence-corrected chi connectivity index (χ4v) is 2.88. The number of H-pyrrole nitrogens is 2. The van der Waals surface area contributed by atoms with Crippen LogP contribution in [0.1, 0.15) is 29.8 Å². The molecule has 0 spiro atoms. The van der Waals surface area contributed by atoms with E-state index in [-0.39, 0.29) is 11.0 Å². The van der Waals surface area contributed by atoms with Crippen molar-refractivity contribution in [3.63, 3.8) is 0 Å². The Labute approximate surface area is 160 Å². The van der Waals surface area contributed by atoms with Gasteiger partial charge in [0.2, 0.25) is 5.95 Å². The highest BCUT2D eigenvalue weighted by Crippen LogP contribution is 2.14. The lowest BCUT2D eigenvalue weighted by Gasteiger charge is -2.07. The first-order chi connectivity index (χ1) is 13.1. The largest absolute Gasteiger partial charge is 0.364 e. The number of hydrogen-bond donors (Lipinski definition) is 3. The zero-order valence-electron chi connectivity index (χ0n) is 14.7. The van der Waals surface area contributed by atoms with Crippen molar-refractivity contribution in [2.24, 2.45) is 0 Å². The normalized spacial score (nSPS) is 10.7. The van der Waals surface area contributed by atoms with Crippen LogP contribution < -0.4 is 16.3 Å². The van der Waals surface area contributed by atoms with E-state index < -0.39 is 0 Å². The quantitative estimate of drug-likeness (QED) is 0.517. The molecule has 0 aromatic carbocycles. The summed E-state index contributed by atoms with van der Waals surface area (Å²) in [6.07, 6.45) is 7.77. The highest BCUT2D eigenvalue weighted by Gasteiger charge is 2.05. The van der Waals surface area contributed by atoms with Crippen molar-refractivity contribution in [1.29, 1.82) is 0 Å². The summed E-state index contributed by atoms with van der Waals surface area (Å²) in [6, 6.07) is 6.55. The average Bonchev–Trinajstić information content (AvgIpc) is 2.65. The standard InChI is InChI=1S/C19H20ClN5O2/c20-16-4-3-8-22-17(16)5-1-2-7-23-19-24-12-13(18(27)25-19)10-14-11-15(26)6-9-21-14/h3-4,6,8-9,11-12H,1-2,5,7,10H2,(H,21,26)(H2,23,24,25,27). The molecule has 0 unspecified atom stereocenters. The molecular weight excluding hydrogens is 366 g/mol. The Balaban J connectivity index is 1.48. The first-order valence-corrected chi connectivity index (χ1v) is 9.09. The minimum Gasteiger partial charge on any atom is -0.364 e. The maximum atomic E-state index is 12.2. The van der Waals surface area contributed by atoms with E-state index in [0.717, 1.165) is 25.0 Å². The molecule has 0 radical (unpaired) electrons. The molecule has 3 rings (SSSR count). The van der Waals surface area contributed by atoms with E-state index in [2.05, 4.69) is 25.3 Å². The summed E-state index contributed by atoms with van der Waals surface area (Å²) in [4.78, 5) is 37.7. The number of nitrogens with zero attached hydrogens (tertiary/aromatic N) is 2. The van der Waals surface area contributed by atoms with E-state index in [1.165, 1.54) is 18.3 Å². The van der Waals surface area contributed by atoms with Gasteiger partial charge >= 0.3 is 0 Å². The third-order valence-electron chi connectivity index (χ3n) is 4.05. The monoisotopic (exact) mass is 385 g/mol. The van der Waals surface area contributed by atoms with E-state index in [0.29, 0.717) is 35.2 Å². The van der Waals surface area contributed by atoms with E-state index in [1.807, 2.05) is 12.1 Å². The average molecular weight is 386 g/mol. The summed E-state index contributed by atoms with van der Waals surface area (Å²) in [5.41, 5.74) is 1.74. The molecule has 140 valence electrons. The van der Waals surface area contributed by atoms with E-state index in [9.17, 15) is 9.59 Å². The molecule has 8 heteroatoms. The summed E-state index contributed by atoms with van der Waals surface area (Å²) >= 11 is 6.08. The number of pyridine rings is 2. The minimum absolute atomic E-state index is 0.0987. The molecule has 3 aromatic rings. The van der Waals surface area contributed by atoms with Gasteiger partial charge in [-0.25, -0.2) is 4.98 Å². The van der Waals surface area contributed by atoms with Gasteiger partial charge in [-0.3, -0.25) is 19.6 Å². The summed E-state index contributed by atoms with van der Waals surface area (Å²) in [5, 5.41) is 3.80. The minimum atomic E-state index is -0.225. The summed E-state index contributed by atoms with van der Waals surface area (Å²) < 4.78 is 0. The first-order valence-electron chi connectivity index (χ1n) is 8.71. The van der Waals surface area contributed by atoms with Crippen LogP contribution in [0.3, 0.4) is 0 Å². The lowest BCUT2D eigenvalue weighted by molar-refractivity contribution is 0.745. The molecule has 0 bridgehead atoms. The van der Waals surface area contributed by atoms with Crippen molar-refractivity contribution >= 4 is 17.5 Å². The zero-order chi connectivity index (χ0) is 19.1. The number of nitrogens with one attached hydrogen (secondary N) is 3. The summed E-state index contributed by atoms with van der Waals surface area (Å²) in [6.45, 7) is 0.679. The summed E-state index contributed by atoms with van der Waals surface area (Å²) in [7, 11) is 0. The molecule has 0 fully saturated rings. The van der Waals surface area contributed by atoms with E-state index in [4.69, 9.17) is 11.6 Å². The maximum absolute atomic E-state index is 12.2. The molecule has 0 aliphatic rings. The van der Waals surface area contributed by atoms with Crippen molar-refractivity contribution in [3.8, 4) is 0 Å². The second-order valence-corrected chi connectivity index (χ2v) is 6.54. The number of aryl methyl sites for hydroxylation is 1. The molecule has 0 aliphatic heterocycles. The van der Waals surface area contributed by atoms with E-state index >= 15 is 0 Å². The lowest BCUT2D eigenvalue weighted by atomic mass is 10.1. The number of aromatic nitrogens is 4. The molecule has 0 saturated heterocycles. The molecule has 0 amide bonds. The smallest absolute Gasteiger partial charge is 0.255 e. The zero-order valence-corrected chi connectivity index (χ0v) is 15.4. The van der Waals surface area contributed by atoms with Crippen LogP contribution in [-0.4, -0.2) is 26.5 Å². The van der Waals surface area contributed by atoms with Crippen LogP contribution in [0.15, 0.2) is 52.4 Å². The predicted octanol–water partition coefficient (Wildman–Crippen LogP) is 2.53. The number of aromatic amines is 2. The third kappa shape index (κ3) is 5.52. The van der Waals surface area contributed by atoms with Crippen LogP contribution >= 0.6 is 11.6 Å². The topological polar surface area (TPSA) is 104 Å². The van der Waals surface area contributed by atoms with Gasteiger partial charge < -0.3 is 10.3 Å². The second-order valence-electron chi connectivity index (χ2n) is 6.13. The van der Waals surface area contributed by atoms with Gasteiger partial charge in [-0.05, 0) is 31.4 Å². The molecule has 3 N–H and O–H groups in total. The van der Waals surface area contributed by atoms with Crippen molar-refractivity contribution in [3.05, 3.63) is 85.4 Å². The van der Waals surface area contributed by atoms with Gasteiger partial charge in [-0.15, -0.1) is 0 Å². The molecule has 27 heavy (non-hydrogen) atoms. The van der Waals surface area contributed by atoms with Crippen molar-refractivity contribution in [2.75, 3.05) is 11.9 Å². The Morgan fingerprint density at radius 3 is 2.81 bits per heavy atom. The fourth-order valence-electron chi connectivity index (χ4n) is 2.66. The van der Waals surface area contributed by atoms with Crippen molar-refractivity contribution in [2.45, 2.75) is 25.7 Å². The highest BCUT2D eigenvalue weighted by atomic mass is 35.5. The van der Waals surface area contributed by atoms with Crippen LogP contribution in [0, 0.1) is 0 Å². The number of anilines is 1. The van der Waals surface area contributed by atoms with Crippen LogP contribution in [0.25, 0.3) is 0 Å². The number of unbranched alkanes of at least 4 members (excludes halogenated alkanes) is 1. The van der Waals surface area contributed by atoms with Gasteiger partial charge in [-0.1, -0.05) is 11.6 Å². The van der Waals surface area contributed by atoms with Crippen LogP contribution in [0.4, 0.5) is 5.95 Å². The molecule has 3 aromatic heterocycles. The van der Waals surface area contributed by atoms with Crippen molar-refractivity contribution in [1.82, 2.24) is 19.9 Å². The van der Waals surface area contributed by atoms with Gasteiger partial charge in [0.05, 0.1) is 10.7 Å².